The van der Waals surface area contributed by atoms with Crippen LogP contribution in [0.4, 0.5) is 0 Å². The third kappa shape index (κ3) is 3.59. The Labute approximate surface area is 160 Å². The Balaban J connectivity index is 1.89. The lowest BCUT2D eigenvalue weighted by molar-refractivity contribution is 0.0843. The minimum atomic E-state index is -0.657. The van der Waals surface area contributed by atoms with E-state index in [4.69, 9.17) is 5.26 Å². The van der Waals surface area contributed by atoms with Crippen LogP contribution in [0, 0.1) is 11.3 Å². The minimum Gasteiger partial charge on any atom is -0.267 e. The number of hydrogen-bond donors (Lipinski definition) is 2. The van der Waals surface area contributed by atoms with Crippen LogP contribution in [0.2, 0.25) is 0 Å². The van der Waals surface area contributed by atoms with Crippen LogP contribution in [0.3, 0.4) is 0 Å². The molecule has 8 nitrogen and oxygen atoms in total. The Morgan fingerprint density at radius 1 is 1.04 bits per heavy atom. The zero-order valence-corrected chi connectivity index (χ0v) is 15.3. The van der Waals surface area contributed by atoms with Gasteiger partial charge in [-0.3, -0.25) is 25.2 Å². The van der Waals surface area contributed by atoms with Gasteiger partial charge in [-0.1, -0.05) is 24.3 Å². The Hall–Kier alpha value is -3.99. The van der Waals surface area contributed by atoms with Gasteiger partial charge in [-0.2, -0.15) is 10.4 Å². The lowest BCUT2D eigenvalue weighted by atomic mass is 10.1. The molecule has 0 saturated carbocycles. The fourth-order valence-corrected chi connectivity index (χ4v) is 2.70. The summed E-state index contributed by atoms with van der Waals surface area (Å²) in [7, 11) is 0. The number of carbonyl (C=O) groups excluding carboxylic acids is 2. The molecule has 28 heavy (non-hydrogen) atoms. The predicted molar refractivity (Wildman–Crippen MR) is 102 cm³/mol. The molecule has 140 valence electrons. The molecule has 0 fully saturated rings. The van der Waals surface area contributed by atoms with E-state index in [0.717, 1.165) is 0 Å². The summed E-state index contributed by atoms with van der Waals surface area (Å²) in [4.78, 5) is 37.4. The van der Waals surface area contributed by atoms with Gasteiger partial charge in [0, 0.05) is 10.9 Å². The molecule has 2 amide bonds. The fourth-order valence-electron chi connectivity index (χ4n) is 2.70. The van der Waals surface area contributed by atoms with Gasteiger partial charge in [0.25, 0.3) is 17.4 Å². The maximum Gasteiger partial charge on any atom is 0.290 e. The predicted octanol–water partition coefficient (Wildman–Crippen LogP) is 1.92. The van der Waals surface area contributed by atoms with Crippen molar-refractivity contribution in [2.45, 2.75) is 19.9 Å². The van der Waals surface area contributed by atoms with Crippen LogP contribution in [0.5, 0.6) is 0 Å². The average Bonchev–Trinajstić information content (AvgIpc) is 2.72. The van der Waals surface area contributed by atoms with E-state index in [0.29, 0.717) is 16.3 Å². The molecule has 0 bridgehead atoms. The van der Waals surface area contributed by atoms with Crippen LogP contribution in [0.1, 0.15) is 46.3 Å². The van der Waals surface area contributed by atoms with Crippen molar-refractivity contribution in [1.29, 1.82) is 5.26 Å². The maximum absolute atomic E-state index is 12.6. The van der Waals surface area contributed by atoms with Gasteiger partial charge in [-0.15, -0.1) is 0 Å². The number of benzene rings is 2. The second-order valence-electron chi connectivity index (χ2n) is 6.34. The van der Waals surface area contributed by atoms with Crippen molar-refractivity contribution in [2.75, 3.05) is 0 Å². The van der Waals surface area contributed by atoms with Gasteiger partial charge in [-0.05, 0) is 38.1 Å². The third-order valence-electron chi connectivity index (χ3n) is 4.08. The number of rotatable bonds is 3. The second-order valence-corrected chi connectivity index (χ2v) is 6.34. The van der Waals surface area contributed by atoms with E-state index in [1.54, 1.807) is 50.2 Å². The zero-order valence-electron chi connectivity index (χ0n) is 15.3. The second kappa shape index (κ2) is 7.72. The van der Waals surface area contributed by atoms with E-state index >= 15 is 0 Å². The van der Waals surface area contributed by atoms with Crippen molar-refractivity contribution in [3.05, 3.63) is 75.7 Å². The highest BCUT2D eigenvalue weighted by atomic mass is 16.2. The summed E-state index contributed by atoms with van der Waals surface area (Å²) in [5.41, 5.74) is 4.90. The van der Waals surface area contributed by atoms with Gasteiger partial charge in [-0.25, -0.2) is 4.68 Å². The van der Waals surface area contributed by atoms with Crippen LogP contribution in [-0.4, -0.2) is 21.6 Å². The molecule has 0 saturated heterocycles. The number of amides is 2. The minimum absolute atomic E-state index is 0.0231. The van der Waals surface area contributed by atoms with Gasteiger partial charge in [0.2, 0.25) is 0 Å². The first-order chi connectivity index (χ1) is 13.4. The molecule has 0 radical (unpaired) electrons. The molecule has 8 heteroatoms. The number of aromatic nitrogens is 2. The Morgan fingerprint density at radius 2 is 1.71 bits per heavy atom. The Bertz CT molecular complexity index is 1170. The molecule has 3 rings (SSSR count). The smallest absolute Gasteiger partial charge is 0.267 e. The summed E-state index contributed by atoms with van der Waals surface area (Å²) < 4.78 is 1.23. The summed E-state index contributed by atoms with van der Waals surface area (Å²) >= 11 is 0. The first kappa shape index (κ1) is 18.8. The van der Waals surface area contributed by atoms with Crippen LogP contribution >= 0.6 is 0 Å². The fraction of sp³-hybridized carbons (Fsp3) is 0.150. The number of nitriles is 1. The Kier molecular flexibility index (Phi) is 5.18. The number of fused-ring (bicyclic) bond motifs is 1. The average molecular weight is 375 g/mol. The number of hydrogen-bond acceptors (Lipinski definition) is 5. The van der Waals surface area contributed by atoms with Crippen molar-refractivity contribution >= 4 is 22.6 Å². The standard InChI is InChI=1S/C20H17N5O3/c1-12(2)25-20(28)16-9-4-3-8-15(16)17(24-25)19(27)23-22-18(26)14-7-5-6-13(10-14)11-21/h3-10,12H,1-2H3,(H,22,26)(H,23,27). The monoisotopic (exact) mass is 375 g/mol. The summed E-state index contributed by atoms with van der Waals surface area (Å²) in [6, 6.07) is 14.4. The highest BCUT2D eigenvalue weighted by Gasteiger charge is 2.18. The van der Waals surface area contributed by atoms with Gasteiger partial charge >= 0.3 is 0 Å². The summed E-state index contributed by atoms with van der Waals surface area (Å²) in [5.74, 6) is -1.23. The highest BCUT2D eigenvalue weighted by Crippen LogP contribution is 2.14. The largest absolute Gasteiger partial charge is 0.290 e. The number of nitrogens with one attached hydrogen (secondary N) is 2. The first-order valence-electron chi connectivity index (χ1n) is 8.54. The first-order valence-corrected chi connectivity index (χ1v) is 8.54. The van der Waals surface area contributed by atoms with E-state index in [1.165, 1.54) is 16.8 Å². The van der Waals surface area contributed by atoms with Crippen molar-refractivity contribution in [3.63, 3.8) is 0 Å². The van der Waals surface area contributed by atoms with Crippen molar-refractivity contribution in [2.24, 2.45) is 0 Å². The van der Waals surface area contributed by atoms with Gasteiger partial charge in [0.05, 0.1) is 23.1 Å². The molecule has 3 aromatic rings. The highest BCUT2D eigenvalue weighted by molar-refractivity contribution is 6.06. The quantitative estimate of drug-likeness (QED) is 0.678. The molecule has 0 aliphatic rings. The zero-order chi connectivity index (χ0) is 20.3. The molecule has 1 heterocycles. The third-order valence-corrected chi connectivity index (χ3v) is 4.08. The number of nitrogens with zero attached hydrogens (tertiary/aromatic N) is 3. The summed E-state index contributed by atoms with van der Waals surface area (Å²) in [6.07, 6.45) is 0. The molecule has 0 aliphatic carbocycles. The van der Waals surface area contributed by atoms with Crippen molar-refractivity contribution in [3.8, 4) is 6.07 Å². The molecular weight excluding hydrogens is 358 g/mol. The van der Waals surface area contributed by atoms with Gasteiger partial charge in [0.1, 0.15) is 0 Å². The number of carbonyl (C=O) groups is 2. The SMILES string of the molecule is CC(C)n1nc(C(=O)NNC(=O)c2cccc(C#N)c2)c2ccccc2c1=O. The van der Waals surface area contributed by atoms with Crippen LogP contribution in [0.25, 0.3) is 10.8 Å². The molecular formula is C20H17N5O3. The lowest BCUT2D eigenvalue weighted by Crippen LogP contribution is -2.43. The molecule has 0 atom stereocenters. The van der Waals surface area contributed by atoms with Crippen LogP contribution in [0.15, 0.2) is 53.3 Å². The van der Waals surface area contributed by atoms with Crippen molar-refractivity contribution < 1.29 is 9.59 Å². The van der Waals surface area contributed by atoms with E-state index in [9.17, 15) is 14.4 Å². The number of hydrazine groups is 1. The van der Waals surface area contributed by atoms with E-state index in [-0.39, 0.29) is 22.9 Å². The van der Waals surface area contributed by atoms with Crippen molar-refractivity contribution in [1.82, 2.24) is 20.6 Å². The maximum atomic E-state index is 12.6. The molecule has 0 unspecified atom stereocenters. The summed E-state index contributed by atoms with van der Waals surface area (Å²) in [6.45, 7) is 3.57. The van der Waals surface area contributed by atoms with Crippen LogP contribution in [-0.2, 0) is 0 Å². The van der Waals surface area contributed by atoms with E-state index in [1.807, 2.05) is 6.07 Å². The molecule has 1 aromatic heterocycles. The van der Waals surface area contributed by atoms with E-state index in [2.05, 4.69) is 16.0 Å². The molecule has 0 aliphatic heterocycles. The Morgan fingerprint density at radius 3 is 2.39 bits per heavy atom. The normalized spacial score (nSPS) is 10.5. The van der Waals surface area contributed by atoms with E-state index < -0.39 is 11.8 Å². The van der Waals surface area contributed by atoms with Gasteiger partial charge in [0.15, 0.2) is 5.69 Å². The summed E-state index contributed by atoms with van der Waals surface area (Å²) in [5, 5.41) is 13.8. The molecule has 2 aromatic carbocycles. The van der Waals surface area contributed by atoms with Crippen LogP contribution < -0.4 is 16.4 Å². The topological polar surface area (TPSA) is 117 Å². The molecule has 0 spiro atoms. The molecule has 2 N–H and O–H groups in total. The lowest BCUT2D eigenvalue weighted by Gasteiger charge is -2.13. The van der Waals surface area contributed by atoms with Gasteiger partial charge < -0.3 is 0 Å².